The number of guanidine groups is 1. The fourth-order valence-corrected chi connectivity index (χ4v) is 0.742. The summed E-state index contributed by atoms with van der Waals surface area (Å²) in [7, 11) is 0. The molecule has 5 nitrogen and oxygen atoms in total. The molecule has 12 heavy (non-hydrogen) atoms. The van der Waals surface area contributed by atoms with E-state index in [4.69, 9.17) is 28.8 Å². The van der Waals surface area contributed by atoms with Gasteiger partial charge in [-0.25, -0.2) is 0 Å². The molecule has 0 unspecified atom stereocenters. The monoisotopic (exact) mass is 192 g/mol. The molecule has 0 amide bonds. The first-order valence-corrected chi connectivity index (χ1v) is 3.92. The average molecular weight is 193 g/mol. The number of rotatable bonds is 5. The zero-order valence-corrected chi connectivity index (χ0v) is 7.42. The minimum Gasteiger partial charge on any atom is -0.370 e. The predicted octanol–water partition coefficient (Wildman–Crippen LogP) is -0.867. The molecule has 0 aromatic heterocycles. The van der Waals surface area contributed by atoms with Gasteiger partial charge in [-0.05, 0) is 24.4 Å². The van der Waals surface area contributed by atoms with Crippen LogP contribution in [0.15, 0.2) is 4.99 Å². The Kier molecular flexibility index (Phi) is 5.40. The Hall–Kier alpha value is -0.810. The largest absolute Gasteiger partial charge is 0.370 e. The zero-order chi connectivity index (χ0) is 9.56. The van der Waals surface area contributed by atoms with Crippen molar-refractivity contribution in [3.8, 4) is 0 Å². The van der Waals surface area contributed by atoms with Gasteiger partial charge >= 0.3 is 0 Å². The predicted molar refractivity (Wildman–Crippen MR) is 48.7 cm³/mol. The van der Waals surface area contributed by atoms with Crippen molar-refractivity contribution in [2.75, 3.05) is 6.54 Å². The number of aliphatic imine (C=N–C) groups is 1. The summed E-state index contributed by atoms with van der Waals surface area (Å²) in [4.78, 5) is 14.1. The number of hydrogen-bond donors (Lipinski definition) is 3. The van der Waals surface area contributed by atoms with Crippen molar-refractivity contribution in [2.24, 2.45) is 22.2 Å². The SMILES string of the molecule is NC(N)=NCCC[C@@H](N)C(=O)Cl. The Morgan fingerprint density at radius 1 is 1.50 bits per heavy atom. The lowest BCUT2D eigenvalue weighted by atomic mass is 10.2. The Bertz CT molecular complexity index is 178. The number of hydrogen-bond acceptors (Lipinski definition) is 3. The Morgan fingerprint density at radius 2 is 2.08 bits per heavy atom. The maximum Gasteiger partial charge on any atom is 0.238 e. The van der Waals surface area contributed by atoms with Gasteiger partial charge in [0.1, 0.15) is 0 Å². The molecule has 70 valence electrons. The highest BCUT2D eigenvalue weighted by atomic mass is 35.5. The fourth-order valence-electron chi connectivity index (χ4n) is 0.633. The molecule has 6 heteroatoms. The third-order valence-corrected chi connectivity index (χ3v) is 1.54. The number of nitrogens with zero attached hydrogens (tertiary/aromatic N) is 1. The first-order valence-electron chi connectivity index (χ1n) is 3.54. The summed E-state index contributed by atoms with van der Waals surface area (Å²) in [6.07, 6.45) is 1.15. The summed E-state index contributed by atoms with van der Waals surface area (Å²) >= 11 is 5.12. The molecule has 0 spiro atoms. The summed E-state index contributed by atoms with van der Waals surface area (Å²) in [5.41, 5.74) is 15.5. The van der Waals surface area contributed by atoms with Crippen LogP contribution in [0.3, 0.4) is 0 Å². The van der Waals surface area contributed by atoms with Crippen molar-refractivity contribution in [1.82, 2.24) is 0 Å². The van der Waals surface area contributed by atoms with Crippen molar-refractivity contribution in [3.05, 3.63) is 0 Å². The first kappa shape index (κ1) is 11.2. The van der Waals surface area contributed by atoms with E-state index >= 15 is 0 Å². The van der Waals surface area contributed by atoms with Crippen LogP contribution < -0.4 is 17.2 Å². The van der Waals surface area contributed by atoms with Crippen LogP contribution in [0.25, 0.3) is 0 Å². The first-order chi connectivity index (χ1) is 5.54. The maximum atomic E-state index is 10.4. The topological polar surface area (TPSA) is 107 Å². The second-order valence-corrected chi connectivity index (χ2v) is 2.73. The van der Waals surface area contributed by atoms with Gasteiger partial charge < -0.3 is 17.2 Å². The summed E-state index contributed by atoms with van der Waals surface area (Å²) < 4.78 is 0. The van der Waals surface area contributed by atoms with Crippen molar-refractivity contribution in [1.29, 1.82) is 0 Å². The highest BCUT2D eigenvalue weighted by Crippen LogP contribution is 1.98. The number of nitrogens with two attached hydrogens (primary N) is 3. The summed E-state index contributed by atoms with van der Waals surface area (Å²) in [5.74, 6) is 0.0424. The van der Waals surface area contributed by atoms with Crippen molar-refractivity contribution >= 4 is 22.8 Å². The Morgan fingerprint density at radius 3 is 2.50 bits per heavy atom. The highest BCUT2D eigenvalue weighted by molar-refractivity contribution is 6.64. The van der Waals surface area contributed by atoms with Crippen LogP contribution in [0, 0.1) is 0 Å². The standard InChI is InChI=1S/C6H13ClN4O/c7-5(12)4(8)2-1-3-11-6(9)10/h4H,1-3,8H2,(H4,9,10,11)/t4-/m1/s1. The van der Waals surface area contributed by atoms with E-state index in [2.05, 4.69) is 4.99 Å². The summed E-state index contributed by atoms with van der Waals surface area (Å²) in [6.45, 7) is 0.472. The van der Waals surface area contributed by atoms with E-state index in [-0.39, 0.29) is 5.96 Å². The van der Waals surface area contributed by atoms with Crippen LogP contribution in [0.5, 0.6) is 0 Å². The Labute approximate surface area is 75.9 Å². The van der Waals surface area contributed by atoms with E-state index in [1.165, 1.54) is 0 Å². The second kappa shape index (κ2) is 5.79. The molecule has 0 fully saturated rings. The lowest BCUT2D eigenvalue weighted by Gasteiger charge is -2.03. The molecule has 0 radical (unpaired) electrons. The van der Waals surface area contributed by atoms with Crippen molar-refractivity contribution < 1.29 is 4.79 Å². The Balaban J connectivity index is 3.44. The van der Waals surface area contributed by atoms with E-state index in [1.54, 1.807) is 0 Å². The molecule has 0 aromatic carbocycles. The van der Waals surface area contributed by atoms with Gasteiger partial charge in [0.25, 0.3) is 0 Å². The van der Waals surface area contributed by atoms with Gasteiger partial charge in [-0.3, -0.25) is 9.79 Å². The molecule has 0 aliphatic heterocycles. The van der Waals surface area contributed by atoms with Crippen LogP contribution >= 0.6 is 11.6 Å². The van der Waals surface area contributed by atoms with E-state index in [0.29, 0.717) is 19.4 Å². The smallest absolute Gasteiger partial charge is 0.238 e. The van der Waals surface area contributed by atoms with E-state index in [9.17, 15) is 4.79 Å². The van der Waals surface area contributed by atoms with Crippen molar-refractivity contribution in [3.63, 3.8) is 0 Å². The number of halogens is 1. The quantitative estimate of drug-likeness (QED) is 0.228. The van der Waals surface area contributed by atoms with Crippen LogP contribution in [-0.4, -0.2) is 23.8 Å². The maximum absolute atomic E-state index is 10.4. The zero-order valence-electron chi connectivity index (χ0n) is 6.66. The van der Waals surface area contributed by atoms with Gasteiger partial charge in [0.05, 0.1) is 6.04 Å². The van der Waals surface area contributed by atoms with Crippen LogP contribution in [0.1, 0.15) is 12.8 Å². The number of carbonyl (C=O) groups is 1. The molecule has 6 N–H and O–H groups in total. The van der Waals surface area contributed by atoms with Crippen LogP contribution in [-0.2, 0) is 4.79 Å². The molecular formula is C6H13ClN4O. The minimum absolute atomic E-state index is 0.0424. The summed E-state index contributed by atoms with van der Waals surface area (Å²) in [5, 5.41) is -0.528. The lowest BCUT2D eigenvalue weighted by Crippen LogP contribution is -2.27. The molecule has 0 heterocycles. The second-order valence-electron chi connectivity index (χ2n) is 2.36. The van der Waals surface area contributed by atoms with Gasteiger partial charge in [0, 0.05) is 6.54 Å². The average Bonchev–Trinajstić information content (AvgIpc) is 1.97. The molecule has 0 aliphatic carbocycles. The van der Waals surface area contributed by atoms with Crippen LogP contribution in [0.2, 0.25) is 0 Å². The van der Waals surface area contributed by atoms with E-state index in [1.807, 2.05) is 0 Å². The van der Waals surface area contributed by atoms with Gasteiger partial charge in [0.2, 0.25) is 5.24 Å². The third kappa shape index (κ3) is 5.94. The molecule has 1 atom stereocenters. The molecule has 0 aliphatic rings. The molecule has 0 bridgehead atoms. The minimum atomic E-state index is -0.610. The van der Waals surface area contributed by atoms with Crippen molar-refractivity contribution in [2.45, 2.75) is 18.9 Å². The van der Waals surface area contributed by atoms with Crippen LogP contribution in [0.4, 0.5) is 0 Å². The van der Waals surface area contributed by atoms with E-state index in [0.717, 1.165) is 0 Å². The molecule has 0 aromatic rings. The highest BCUT2D eigenvalue weighted by Gasteiger charge is 2.08. The normalized spacial score (nSPS) is 12.2. The van der Waals surface area contributed by atoms with Gasteiger partial charge in [-0.1, -0.05) is 0 Å². The lowest BCUT2D eigenvalue weighted by molar-refractivity contribution is -0.112. The molecule has 0 rings (SSSR count). The molecular weight excluding hydrogens is 180 g/mol. The third-order valence-electron chi connectivity index (χ3n) is 1.26. The van der Waals surface area contributed by atoms with E-state index < -0.39 is 11.3 Å². The van der Waals surface area contributed by atoms with Gasteiger partial charge in [0.15, 0.2) is 5.96 Å². The van der Waals surface area contributed by atoms with Gasteiger partial charge in [-0.15, -0.1) is 0 Å². The van der Waals surface area contributed by atoms with Gasteiger partial charge in [-0.2, -0.15) is 0 Å². The fraction of sp³-hybridized carbons (Fsp3) is 0.667. The summed E-state index contributed by atoms with van der Waals surface area (Å²) in [6, 6.07) is -0.610. The number of carbonyl (C=O) groups excluding carboxylic acids is 1. The molecule has 0 saturated heterocycles. The molecule has 0 saturated carbocycles.